The summed E-state index contributed by atoms with van der Waals surface area (Å²) >= 11 is 0. The van der Waals surface area contributed by atoms with Crippen LogP contribution in [0.15, 0.2) is 0 Å². The first-order chi connectivity index (χ1) is 17.4. The van der Waals surface area contributed by atoms with Gasteiger partial charge in [-0.3, -0.25) is 4.79 Å². The van der Waals surface area contributed by atoms with Crippen LogP contribution in [0.4, 0.5) is 0 Å². The summed E-state index contributed by atoms with van der Waals surface area (Å²) in [5.41, 5.74) is 1.23. The van der Waals surface area contributed by atoms with E-state index in [-0.39, 0.29) is 0 Å². The number of hydrogen-bond donors (Lipinski definition) is 0. The van der Waals surface area contributed by atoms with E-state index < -0.39 is 0 Å². The van der Waals surface area contributed by atoms with Gasteiger partial charge in [0.25, 0.3) is 0 Å². The van der Waals surface area contributed by atoms with Gasteiger partial charge in [-0.15, -0.1) is 0 Å². The molecule has 1 amide bonds. The largest absolute Gasteiger partial charge is 0.340 e. The van der Waals surface area contributed by atoms with E-state index in [0.717, 1.165) is 54.9 Å². The van der Waals surface area contributed by atoms with Crippen LogP contribution in [0.2, 0.25) is 0 Å². The van der Waals surface area contributed by atoms with Crippen molar-refractivity contribution in [3.63, 3.8) is 0 Å². The molecule has 0 radical (unpaired) electrons. The molecule has 206 valence electrons. The number of amides is 1. The highest BCUT2D eigenvalue weighted by Crippen LogP contribution is 2.69. The van der Waals surface area contributed by atoms with Crippen LogP contribution in [0.25, 0.3) is 0 Å². The number of carbonyl (C=O) groups excluding carboxylic acids is 1. The Morgan fingerprint density at radius 1 is 0.806 bits per heavy atom. The molecule has 5 fully saturated rings. The SMILES string of the molecule is CCCCC1CCCN1C(=O)CCCCC1CCC2C3C[C@H](CC)C4CCCCC4(C)[C@H]3CCC12C. The number of carbonyl (C=O) groups is 1. The number of likely N-dealkylation sites (tertiary alicyclic amines) is 1. The Labute approximate surface area is 224 Å². The predicted molar refractivity (Wildman–Crippen MR) is 152 cm³/mol. The molecule has 4 saturated carbocycles. The number of unbranched alkanes of at least 4 members (excludes halogenated alkanes) is 2. The summed E-state index contributed by atoms with van der Waals surface area (Å²) in [7, 11) is 0. The molecule has 0 aromatic heterocycles. The third kappa shape index (κ3) is 4.83. The molecule has 1 heterocycles. The van der Waals surface area contributed by atoms with Crippen LogP contribution in [0.3, 0.4) is 0 Å². The maximum atomic E-state index is 13.0. The molecule has 5 rings (SSSR count). The Kier molecular flexibility index (Phi) is 8.49. The van der Waals surface area contributed by atoms with E-state index in [9.17, 15) is 4.79 Å². The number of nitrogens with zero attached hydrogens (tertiary/aromatic N) is 1. The molecule has 0 spiro atoms. The minimum Gasteiger partial charge on any atom is -0.340 e. The zero-order chi connectivity index (χ0) is 25.3. The first-order valence-corrected chi connectivity index (χ1v) is 16.7. The zero-order valence-corrected chi connectivity index (χ0v) is 24.5. The van der Waals surface area contributed by atoms with Gasteiger partial charge < -0.3 is 4.90 Å². The second kappa shape index (κ2) is 11.3. The van der Waals surface area contributed by atoms with Crippen LogP contribution < -0.4 is 0 Å². The highest BCUT2D eigenvalue weighted by Gasteiger charge is 2.60. The van der Waals surface area contributed by atoms with E-state index in [1.54, 1.807) is 6.42 Å². The first-order valence-electron chi connectivity index (χ1n) is 16.7. The summed E-state index contributed by atoms with van der Waals surface area (Å²) in [5, 5.41) is 0. The lowest BCUT2D eigenvalue weighted by Crippen LogP contribution is -2.55. The molecular formula is C34H59NO. The summed E-state index contributed by atoms with van der Waals surface area (Å²) in [5.74, 6) is 6.41. The molecular weight excluding hydrogens is 438 g/mol. The quantitative estimate of drug-likeness (QED) is 0.290. The molecule has 0 bridgehead atoms. The molecule has 0 aromatic rings. The van der Waals surface area contributed by atoms with Gasteiger partial charge in [0, 0.05) is 19.0 Å². The summed E-state index contributed by atoms with van der Waals surface area (Å²) in [6.07, 6.45) is 25.8. The normalized spacial score (nSPS) is 44.2. The lowest BCUT2D eigenvalue weighted by Gasteiger charge is -2.62. The van der Waals surface area contributed by atoms with Crippen molar-refractivity contribution < 1.29 is 4.79 Å². The molecule has 2 heteroatoms. The average Bonchev–Trinajstić information content (AvgIpc) is 3.48. The van der Waals surface area contributed by atoms with Gasteiger partial charge in [-0.1, -0.05) is 66.2 Å². The third-order valence-electron chi connectivity index (χ3n) is 13.3. The van der Waals surface area contributed by atoms with E-state index in [1.165, 1.54) is 103 Å². The van der Waals surface area contributed by atoms with Gasteiger partial charge in [0.1, 0.15) is 0 Å². The topological polar surface area (TPSA) is 20.3 Å². The minimum atomic E-state index is 0.465. The molecule has 1 aliphatic heterocycles. The maximum absolute atomic E-state index is 13.0. The van der Waals surface area contributed by atoms with Gasteiger partial charge >= 0.3 is 0 Å². The van der Waals surface area contributed by atoms with Crippen LogP contribution in [-0.2, 0) is 4.79 Å². The molecule has 1 saturated heterocycles. The summed E-state index contributed by atoms with van der Waals surface area (Å²) in [4.78, 5) is 15.3. The highest BCUT2D eigenvalue weighted by molar-refractivity contribution is 5.76. The Morgan fingerprint density at radius 2 is 1.64 bits per heavy atom. The molecule has 7 unspecified atom stereocenters. The smallest absolute Gasteiger partial charge is 0.222 e. The molecule has 0 N–H and O–H groups in total. The van der Waals surface area contributed by atoms with Crippen LogP contribution >= 0.6 is 0 Å². The van der Waals surface area contributed by atoms with Crippen LogP contribution in [-0.4, -0.2) is 23.4 Å². The number of rotatable bonds is 9. The van der Waals surface area contributed by atoms with Crippen molar-refractivity contribution in [1.82, 2.24) is 4.90 Å². The summed E-state index contributed by atoms with van der Waals surface area (Å²) < 4.78 is 0. The Hall–Kier alpha value is -0.530. The van der Waals surface area contributed by atoms with Crippen molar-refractivity contribution in [2.75, 3.05) is 6.54 Å². The van der Waals surface area contributed by atoms with Gasteiger partial charge in [-0.2, -0.15) is 0 Å². The van der Waals surface area contributed by atoms with Crippen molar-refractivity contribution in [2.45, 2.75) is 156 Å². The summed E-state index contributed by atoms with van der Waals surface area (Å²) in [6, 6.07) is 0.551. The third-order valence-corrected chi connectivity index (χ3v) is 13.3. The van der Waals surface area contributed by atoms with Gasteiger partial charge in [0.05, 0.1) is 0 Å². The Morgan fingerprint density at radius 3 is 2.44 bits per heavy atom. The van der Waals surface area contributed by atoms with Crippen LogP contribution in [0.1, 0.15) is 150 Å². The highest BCUT2D eigenvalue weighted by atomic mass is 16.2. The second-order valence-electron chi connectivity index (χ2n) is 14.7. The van der Waals surface area contributed by atoms with E-state index in [0.29, 0.717) is 22.8 Å². The molecule has 5 aliphatic rings. The van der Waals surface area contributed by atoms with E-state index >= 15 is 0 Å². The van der Waals surface area contributed by atoms with E-state index in [4.69, 9.17) is 0 Å². The lowest BCUT2D eigenvalue weighted by atomic mass is 9.42. The molecule has 2 nitrogen and oxygen atoms in total. The van der Waals surface area contributed by atoms with Gasteiger partial charge in [-0.25, -0.2) is 0 Å². The second-order valence-corrected chi connectivity index (χ2v) is 14.7. The molecule has 4 aliphatic carbocycles. The average molecular weight is 498 g/mol. The maximum Gasteiger partial charge on any atom is 0.222 e. The van der Waals surface area contributed by atoms with Crippen LogP contribution in [0.5, 0.6) is 0 Å². The Balaban J connectivity index is 1.15. The molecule has 0 aromatic carbocycles. The fourth-order valence-electron chi connectivity index (χ4n) is 11.3. The lowest BCUT2D eigenvalue weighted by molar-refractivity contribution is -0.136. The van der Waals surface area contributed by atoms with Crippen molar-refractivity contribution in [3.05, 3.63) is 0 Å². The molecule has 9 atom stereocenters. The zero-order valence-electron chi connectivity index (χ0n) is 24.5. The van der Waals surface area contributed by atoms with E-state index in [2.05, 4.69) is 32.6 Å². The van der Waals surface area contributed by atoms with Gasteiger partial charge in [0.15, 0.2) is 0 Å². The fourth-order valence-corrected chi connectivity index (χ4v) is 11.3. The van der Waals surface area contributed by atoms with Crippen molar-refractivity contribution in [1.29, 1.82) is 0 Å². The van der Waals surface area contributed by atoms with Gasteiger partial charge in [-0.05, 0) is 123 Å². The van der Waals surface area contributed by atoms with E-state index in [1.807, 2.05) is 0 Å². The molecule has 36 heavy (non-hydrogen) atoms. The first kappa shape index (κ1) is 27.1. The fraction of sp³-hybridized carbons (Fsp3) is 0.971. The predicted octanol–water partition coefficient (Wildman–Crippen LogP) is 9.41. The monoisotopic (exact) mass is 497 g/mol. The van der Waals surface area contributed by atoms with Crippen molar-refractivity contribution in [2.24, 2.45) is 46.3 Å². The number of hydrogen-bond acceptors (Lipinski definition) is 1. The standard InChI is InChI=1S/C34H59NO/c1-5-7-14-27-15-12-23-35(27)32(36)17-9-8-13-26-18-19-30-28-24-25(6-2)29-16-10-11-21-34(29,4)31(28)20-22-33(26,30)3/h25-31H,5-24H2,1-4H3/t25-,26?,27?,28?,29?,30?,31-,33?,34?/m0/s1. The Bertz CT molecular complexity index is 747. The van der Waals surface area contributed by atoms with Crippen molar-refractivity contribution in [3.8, 4) is 0 Å². The van der Waals surface area contributed by atoms with Gasteiger partial charge in [0.2, 0.25) is 5.91 Å². The summed E-state index contributed by atoms with van der Waals surface area (Å²) in [6.45, 7) is 11.3. The van der Waals surface area contributed by atoms with Crippen LogP contribution in [0, 0.1) is 46.3 Å². The number of fused-ring (bicyclic) bond motifs is 5. The van der Waals surface area contributed by atoms with Crippen molar-refractivity contribution >= 4 is 5.91 Å². The minimum absolute atomic E-state index is 0.465.